The third-order valence-corrected chi connectivity index (χ3v) is 4.61. The predicted molar refractivity (Wildman–Crippen MR) is 84.4 cm³/mol. The van der Waals surface area contributed by atoms with Gasteiger partial charge in [0.1, 0.15) is 0 Å². The van der Waals surface area contributed by atoms with E-state index in [1.165, 1.54) is 11.9 Å². The fourth-order valence-electron chi connectivity index (χ4n) is 2.48. The van der Waals surface area contributed by atoms with E-state index in [0.29, 0.717) is 4.68 Å². The molecule has 0 radical (unpaired) electrons. The minimum absolute atomic E-state index is 0.231. The number of halogens is 4. The first-order valence-corrected chi connectivity index (χ1v) is 7.78. The first kappa shape index (κ1) is 18.5. The summed E-state index contributed by atoms with van der Waals surface area (Å²) in [6.07, 6.45) is -4.60. The molecule has 2 aromatic rings. The maximum atomic E-state index is 13.0. The van der Waals surface area contributed by atoms with Crippen molar-refractivity contribution in [2.75, 3.05) is 7.05 Å². The molecule has 2 rings (SSSR count). The summed E-state index contributed by atoms with van der Waals surface area (Å²) in [7, 11) is 4.46. The van der Waals surface area contributed by atoms with Gasteiger partial charge in [0.25, 0.3) is 5.91 Å². The Morgan fingerprint density at radius 1 is 1.21 bits per heavy atom. The lowest BCUT2D eigenvalue weighted by Gasteiger charge is -2.16. The molecule has 24 heavy (non-hydrogen) atoms. The van der Waals surface area contributed by atoms with E-state index in [4.69, 9.17) is 0 Å². The Labute approximate surface area is 145 Å². The number of aryl methyl sites for hydroxylation is 3. The molecule has 10 heteroatoms. The number of carbonyl (C=O) groups excluding carboxylic acids is 1. The van der Waals surface area contributed by atoms with Crippen molar-refractivity contribution in [2.24, 2.45) is 14.1 Å². The van der Waals surface area contributed by atoms with Crippen LogP contribution in [0.4, 0.5) is 13.2 Å². The van der Waals surface area contributed by atoms with Crippen molar-refractivity contribution < 1.29 is 18.0 Å². The number of hydrogen-bond acceptors (Lipinski definition) is 3. The largest absolute Gasteiger partial charge is 0.434 e. The zero-order valence-corrected chi connectivity index (χ0v) is 15.4. The van der Waals surface area contributed by atoms with Gasteiger partial charge in [-0.15, -0.1) is 0 Å². The van der Waals surface area contributed by atoms with Crippen molar-refractivity contribution in [1.29, 1.82) is 0 Å². The van der Waals surface area contributed by atoms with E-state index in [1.807, 2.05) is 13.8 Å². The van der Waals surface area contributed by atoms with Gasteiger partial charge in [-0.3, -0.25) is 14.2 Å². The molecule has 0 aliphatic heterocycles. The van der Waals surface area contributed by atoms with Gasteiger partial charge in [0.05, 0.1) is 10.2 Å². The van der Waals surface area contributed by atoms with Crippen LogP contribution in [0, 0.1) is 13.8 Å². The van der Waals surface area contributed by atoms with Gasteiger partial charge < -0.3 is 4.90 Å². The molecule has 0 aliphatic rings. The Morgan fingerprint density at radius 2 is 1.79 bits per heavy atom. The summed E-state index contributed by atoms with van der Waals surface area (Å²) in [5.41, 5.74) is 1.25. The molecular formula is C14H17BrF3N5O. The molecule has 0 saturated heterocycles. The van der Waals surface area contributed by atoms with Crippen LogP contribution >= 0.6 is 15.9 Å². The number of amides is 1. The molecule has 0 saturated carbocycles. The number of hydrogen-bond donors (Lipinski definition) is 0. The lowest BCUT2D eigenvalue weighted by Crippen LogP contribution is -2.27. The highest BCUT2D eigenvalue weighted by Crippen LogP contribution is 2.36. The average molecular weight is 408 g/mol. The maximum Gasteiger partial charge on any atom is 0.434 e. The third-order valence-electron chi connectivity index (χ3n) is 3.86. The zero-order valence-electron chi connectivity index (χ0n) is 13.9. The van der Waals surface area contributed by atoms with E-state index in [2.05, 4.69) is 26.1 Å². The molecule has 0 aromatic carbocycles. The van der Waals surface area contributed by atoms with Crippen LogP contribution in [0.3, 0.4) is 0 Å². The summed E-state index contributed by atoms with van der Waals surface area (Å²) >= 11 is 2.86. The highest BCUT2D eigenvalue weighted by Gasteiger charge is 2.40. The van der Waals surface area contributed by atoms with E-state index >= 15 is 0 Å². The third kappa shape index (κ3) is 3.19. The lowest BCUT2D eigenvalue weighted by atomic mass is 10.2. The minimum Gasteiger partial charge on any atom is -0.336 e. The molecule has 6 nitrogen and oxygen atoms in total. The molecule has 0 atom stereocenters. The fourth-order valence-corrected chi connectivity index (χ4v) is 3.21. The van der Waals surface area contributed by atoms with E-state index in [0.717, 1.165) is 24.0 Å². The molecule has 0 fully saturated rings. The first-order chi connectivity index (χ1) is 10.9. The average Bonchev–Trinajstić information content (AvgIpc) is 2.88. The van der Waals surface area contributed by atoms with Crippen molar-refractivity contribution >= 4 is 21.8 Å². The van der Waals surface area contributed by atoms with Gasteiger partial charge in [-0.05, 0) is 29.8 Å². The summed E-state index contributed by atoms with van der Waals surface area (Å²) in [6, 6.07) is 0. The quantitative estimate of drug-likeness (QED) is 0.785. The lowest BCUT2D eigenvalue weighted by molar-refractivity contribution is -0.144. The number of carbonyl (C=O) groups is 1. The van der Waals surface area contributed by atoms with Crippen LogP contribution in [0.1, 0.15) is 33.1 Å². The number of rotatable bonds is 3. The van der Waals surface area contributed by atoms with Gasteiger partial charge in [0, 0.05) is 38.9 Å². The van der Waals surface area contributed by atoms with Crippen molar-refractivity contribution in [3.05, 3.63) is 32.8 Å². The van der Waals surface area contributed by atoms with Gasteiger partial charge in [0.2, 0.25) is 0 Å². The summed E-state index contributed by atoms with van der Waals surface area (Å²) in [5.74, 6) is -0.601. The van der Waals surface area contributed by atoms with Crippen LogP contribution in [-0.2, 0) is 26.8 Å². The Hall–Kier alpha value is -1.84. The molecule has 0 unspecified atom stereocenters. The van der Waals surface area contributed by atoms with Gasteiger partial charge in [-0.2, -0.15) is 23.4 Å². The molecule has 0 aliphatic carbocycles. The van der Waals surface area contributed by atoms with Gasteiger partial charge in [0.15, 0.2) is 11.4 Å². The normalized spacial score (nSPS) is 11.9. The highest BCUT2D eigenvalue weighted by atomic mass is 79.9. The topological polar surface area (TPSA) is 56.0 Å². The standard InChI is InChI=1S/C14H17BrF3N5O/c1-7-9(8(2)22(4)19-7)6-21(3)13(24)11-10(15)12(14(16,17)18)23(5)20-11/h6H2,1-5H3. The Bertz CT molecular complexity index is 793. The van der Waals surface area contributed by atoms with Gasteiger partial charge in [-0.1, -0.05) is 0 Å². The predicted octanol–water partition coefficient (Wildman–Crippen LogP) is 2.82. The van der Waals surface area contributed by atoms with Crippen LogP contribution in [0.2, 0.25) is 0 Å². The van der Waals surface area contributed by atoms with Crippen LogP contribution < -0.4 is 0 Å². The number of aromatic nitrogens is 4. The fraction of sp³-hybridized carbons (Fsp3) is 0.500. The molecular weight excluding hydrogens is 391 g/mol. The molecule has 0 bridgehead atoms. The van der Waals surface area contributed by atoms with Gasteiger partial charge >= 0.3 is 6.18 Å². The van der Waals surface area contributed by atoms with Crippen molar-refractivity contribution in [1.82, 2.24) is 24.5 Å². The minimum atomic E-state index is -4.60. The molecule has 0 spiro atoms. The Balaban J connectivity index is 2.32. The molecule has 2 aromatic heterocycles. The summed E-state index contributed by atoms with van der Waals surface area (Å²) in [6.45, 7) is 3.92. The van der Waals surface area contributed by atoms with E-state index < -0.39 is 17.8 Å². The maximum absolute atomic E-state index is 13.0. The Morgan fingerprint density at radius 3 is 2.21 bits per heavy atom. The SMILES string of the molecule is Cc1nn(C)c(C)c1CN(C)C(=O)c1nn(C)c(C(F)(F)F)c1Br. The van der Waals surface area contributed by atoms with Crippen LogP contribution in [0.5, 0.6) is 0 Å². The van der Waals surface area contributed by atoms with E-state index in [-0.39, 0.29) is 16.7 Å². The van der Waals surface area contributed by atoms with Crippen LogP contribution in [0.15, 0.2) is 4.47 Å². The molecule has 132 valence electrons. The smallest absolute Gasteiger partial charge is 0.336 e. The second-order valence-corrected chi connectivity index (χ2v) is 6.36. The summed E-state index contributed by atoms with van der Waals surface area (Å²) < 4.78 is 41.0. The Kier molecular flexibility index (Phi) is 4.80. The summed E-state index contributed by atoms with van der Waals surface area (Å²) in [4.78, 5) is 13.8. The number of nitrogens with zero attached hydrogens (tertiary/aromatic N) is 5. The second-order valence-electron chi connectivity index (χ2n) is 5.57. The highest BCUT2D eigenvalue weighted by molar-refractivity contribution is 9.10. The summed E-state index contributed by atoms with van der Waals surface area (Å²) in [5, 5.41) is 7.99. The number of alkyl halides is 3. The molecule has 1 amide bonds. The molecule has 2 heterocycles. The first-order valence-electron chi connectivity index (χ1n) is 6.99. The monoisotopic (exact) mass is 407 g/mol. The van der Waals surface area contributed by atoms with Crippen molar-refractivity contribution in [2.45, 2.75) is 26.6 Å². The van der Waals surface area contributed by atoms with E-state index in [1.54, 1.807) is 11.7 Å². The second kappa shape index (κ2) is 6.23. The van der Waals surface area contributed by atoms with Crippen molar-refractivity contribution in [3.63, 3.8) is 0 Å². The molecule has 0 N–H and O–H groups in total. The van der Waals surface area contributed by atoms with Crippen molar-refractivity contribution in [3.8, 4) is 0 Å². The van der Waals surface area contributed by atoms with E-state index in [9.17, 15) is 18.0 Å². The van der Waals surface area contributed by atoms with Crippen LogP contribution in [-0.4, -0.2) is 37.4 Å². The zero-order chi connectivity index (χ0) is 18.4. The van der Waals surface area contributed by atoms with Crippen LogP contribution in [0.25, 0.3) is 0 Å². The van der Waals surface area contributed by atoms with Gasteiger partial charge in [-0.25, -0.2) is 0 Å².